The highest BCUT2D eigenvalue weighted by Crippen LogP contribution is 2.39. The number of aryl methyl sites for hydroxylation is 1. The topological polar surface area (TPSA) is 105 Å². The van der Waals surface area contributed by atoms with Gasteiger partial charge in [0.05, 0.1) is 24.8 Å². The summed E-state index contributed by atoms with van der Waals surface area (Å²) >= 11 is 0. The highest BCUT2D eigenvalue weighted by molar-refractivity contribution is 6.09. The van der Waals surface area contributed by atoms with Crippen LogP contribution in [0.4, 0.5) is 0 Å². The van der Waals surface area contributed by atoms with E-state index in [0.29, 0.717) is 23.6 Å². The predicted octanol–water partition coefficient (Wildman–Crippen LogP) is 4.51. The Kier molecular flexibility index (Phi) is 6.85. The lowest BCUT2D eigenvalue weighted by molar-refractivity contribution is -0.119. The van der Waals surface area contributed by atoms with Crippen LogP contribution in [0, 0.1) is 12.8 Å². The highest BCUT2D eigenvalue weighted by atomic mass is 16.5. The monoisotopic (exact) mass is 490 g/mol. The van der Waals surface area contributed by atoms with Crippen molar-refractivity contribution in [1.29, 1.82) is 0 Å². The van der Waals surface area contributed by atoms with Crippen molar-refractivity contribution in [3.63, 3.8) is 0 Å². The summed E-state index contributed by atoms with van der Waals surface area (Å²) in [5.41, 5.74) is 4.70. The van der Waals surface area contributed by atoms with Gasteiger partial charge in [0.1, 0.15) is 17.0 Å². The maximum atomic E-state index is 13.4. The largest absolute Gasteiger partial charge is 0.497 e. The number of aromatic nitrogens is 2. The number of benzene rings is 1. The summed E-state index contributed by atoms with van der Waals surface area (Å²) in [4.78, 5) is 32.7. The average molecular weight is 491 g/mol. The predicted molar refractivity (Wildman–Crippen MR) is 138 cm³/mol. The van der Waals surface area contributed by atoms with Crippen molar-refractivity contribution in [3.05, 3.63) is 41.7 Å². The minimum absolute atomic E-state index is 0.00302. The first kappa shape index (κ1) is 24.2. The first-order chi connectivity index (χ1) is 17.4. The molecule has 8 nitrogen and oxygen atoms in total. The van der Waals surface area contributed by atoms with Gasteiger partial charge in [-0.2, -0.15) is 0 Å². The maximum Gasteiger partial charge on any atom is 0.255 e. The minimum atomic E-state index is -0.119. The van der Waals surface area contributed by atoms with E-state index < -0.39 is 0 Å². The second-order valence-electron chi connectivity index (χ2n) is 10.0. The van der Waals surface area contributed by atoms with Gasteiger partial charge in [0.15, 0.2) is 0 Å². The van der Waals surface area contributed by atoms with Crippen LogP contribution in [0.3, 0.4) is 0 Å². The van der Waals surface area contributed by atoms with E-state index in [1.54, 1.807) is 20.2 Å². The van der Waals surface area contributed by atoms with Gasteiger partial charge in [0.25, 0.3) is 5.91 Å². The molecule has 2 heterocycles. The van der Waals surface area contributed by atoms with Gasteiger partial charge in [-0.25, -0.2) is 0 Å². The number of pyridine rings is 1. The molecule has 36 heavy (non-hydrogen) atoms. The molecule has 3 aromatic rings. The number of methoxy groups -OCH3 is 1. The van der Waals surface area contributed by atoms with E-state index in [4.69, 9.17) is 9.47 Å². The summed E-state index contributed by atoms with van der Waals surface area (Å²) in [6, 6.07) is 8.07. The summed E-state index contributed by atoms with van der Waals surface area (Å²) in [5.74, 6) is 2.01. The number of carbonyl (C=O) groups excluding carboxylic acids is 2. The Morgan fingerprint density at radius 3 is 2.42 bits per heavy atom. The van der Waals surface area contributed by atoms with Crippen molar-refractivity contribution < 1.29 is 19.1 Å². The highest BCUT2D eigenvalue weighted by Gasteiger charge is 2.27. The molecule has 3 N–H and O–H groups in total. The minimum Gasteiger partial charge on any atom is -0.497 e. The van der Waals surface area contributed by atoms with Crippen molar-refractivity contribution in [2.24, 2.45) is 5.92 Å². The molecule has 0 aliphatic heterocycles. The molecule has 0 unspecified atom stereocenters. The van der Waals surface area contributed by atoms with E-state index in [1.165, 1.54) is 12.8 Å². The molecule has 2 aliphatic rings. The van der Waals surface area contributed by atoms with Gasteiger partial charge in [0.2, 0.25) is 5.91 Å². The molecule has 2 amide bonds. The normalized spacial score (nSPS) is 19.6. The number of fused-ring (bicyclic) bond motifs is 1. The summed E-state index contributed by atoms with van der Waals surface area (Å²) < 4.78 is 11.6. The second kappa shape index (κ2) is 10.2. The molecule has 2 fully saturated rings. The number of nitrogens with zero attached hydrogens (tertiary/aromatic N) is 1. The van der Waals surface area contributed by atoms with Crippen molar-refractivity contribution in [2.45, 2.75) is 64.5 Å². The van der Waals surface area contributed by atoms with Gasteiger partial charge >= 0.3 is 0 Å². The third kappa shape index (κ3) is 5.17. The molecular weight excluding hydrogens is 456 g/mol. The van der Waals surface area contributed by atoms with Crippen molar-refractivity contribution in [1.82, 2.24) is 20.6 Å². The fourth-order valence-electron chi connectivity index (χ4n) is 5.10. The van der Waals surface area contributed by atoms with Gasteiger partial charge < -0.3 is 25.1 Å². The van der Waals surface area contributed by atoms with Crippen LogP contribution in [0.25, 0.3) is 22.2 Å². The smallest absolute Gasteiger partial charge is 0.255 e. The third-order valence-corrected chi connectivity index (χ3v) is 7.22. The molecular formula is C28H34N4O4. The van der Waals surface area contributed by atoms with Gasteiger partial charge in [-0.1, -0.05) is 0 Å². The van der Waals surface area contributed by atoms with Crippen molar-refractivity contribution in [2.75, 3.05) is 13.7 Å². The summed E-state index contributed by atoms with van der Waals surface area (Å²) in [6.45, 7) is 4.14. The summed E-state index contributed by atoms with van der Waals surface area (Å²) in [6.07, 6.45) is 7.57. The van der Waals surface area contributed by atoms with Crippen LogP contribution >= 0.6 is 0 Å². The van der Waals surface area contributed by atoms with Gasteiger partial charge in [-0.3, -0.25) is 14.6 Å². The van der Waals surface area contributed by atoms with Crippen LogP contribution in [0.1, 0.15) is 61.5 Å². The molecule has 0 spiro atoms. The number of carbonyl (C=O) groups is 2. The number of aromatic amines is 1. The van der Waals surface area contributed by atoms with Crippen LogP contribution in [-0.4, -0.2) is 47.6 Å². The molecule has 0 radical (unpaired) electrons. The van der Waals surface area contributed by atoms with Gasteiger partial charge in [-0.15, -0.1) is 0 Å². The quantitative estimate of drug-likeness (QED) is 0.431. The fraction of sp³-hybridized carbons (Fsp3) is 0.464. The van der Waals surface area contributed by atoms with E-state index >= 15 is 0 Å². The number of nitrogens with one attached hydrogen (secondary N) is 3. The number of hydrogen-bond acceptors (Lipinski definition) is 5. The Morgan fingerprint density at radius 2 is 1.75 bits per heavy atom. The number of ether oxygens (including phenoxy) is 2. The zero-order valence-electron chi connectivity index (χ0n) is 21.1. The molecule has 5 rings (SSSR count). The van der Waals surface area contributed by atoms with Crippen LogP contribution in [-0.2, 0) is 4.79 Å². The van der Waals surface area contributed by atoms with Gasteiger partial charge in [-0.05, 0) is 69.6 Å². The zero-order valence-corrected chi connectivity index (χ0v) is 21.1. The fourth-order valence-corrected chi connectivity index (χ4v) is 5.10. The Labute approximate surface area is 211 Å². The first-order valence-electron chi connectivity index (χ1n) is 12.8. The third-order valence-electron chi connectivity index (χ3n) is 7.22. The Bertz CT molecular complexity index is 1270. The average Bonchev–Trinajstić information content (AvgIpc) is 3.63. The summed E-state index contributed by atoms with van der Waals surface area (Å²) in [5, 5.41) is 6.18. The number of rotatable bonds is 8. The molecule has 190 valence electrons. The van der Waals surface area contributed by atoms with E-state index in [-0.39, 0.29) is 23.9 Å². The van der Waals surface area contributed by atoms with Crippen molar-refractivity contribution >= 4 is 22.8 Å². The molecule has 8 heteroatoms. The Hall–Kier alpha value is -3.55. The lowest BCUT2D eigenvalue weighted by atomic mass is 9.91. The van der Waals surface area contributed by atoms with Crippen LogP contribution in [0.15, 0.2) is 30.5 Å². The number of hydrogen-bond donors (Lipinski definition) is 3. The van der Waals surface area contributed by atoms with Gasteiger partial charge in [0, 0.05) is 48.1 Å². The van der Waals surface area contributed by atoms with E-state index in [0.717, 1.165) is 59.5 Å². The van der Waals surface area contributed by atoms with E-state index in [9.17, 15) is 9.59 Å². The molecule has 1 aromatic carbocycles. The standard InChI is InChI=1S/C28H34N4O4/c1-16-25(28(34)32-20-8-6-19(7-9-20)31-17(2)33)27-26(30-16)23(12-13-29-27)22-11-10-21(35-3)14-24(22)36-15-18-4-5-18/h10-14,18-20,30H,4-9,15H2,1-3H3,(H,31,33)(H,32,34)/t19-,20-. The molecule has 0 bridgehead atoms. The molecule has 0 atom stereocenters. The first-order valence-corrected chi connectivity index (χ1v) is 12.8. The number of amides is 2. The van der Waals surface area contributed by atoms with Crippen LogP contribution in [0.2, 0.25) is 0 Å². The SMILES string of the molecule is COc1ccc(-c2ccnc3c(C(=O)N[C@H]4CC[C@H](NC(C)=O)CC4)c(C)[nH]c23)c(OCC2CC2)c1. The molecule has 2 saturated carbocycles. The lowest BCUT2D eigenvalue weighted by Crippen LogP contribution is -2.43. The zero-order chi connectivity index (χ0) is 25.2. The Morgan fingerprint density at radius 1 is 1.03 bits per heavy atom. The summed E-state index contributed by atoms with van der Waals surface area (Å²) in [7, 11) is 1.65. The van der Waals surface area contributed by atoms with Crippen LogP contribution in [0.5, 0.6) is 11.5 Å². The molecule has 2 aliphatic carbocycles. The second-order valence-corrected chi connectivity index (χ2v) is 10.0. The lowest BCUT2D eigenvalue weighted by Gasteiger charge is -2.29. The van der Waals surface area contributed by atoms with E-state index in [2.05, 4.69) is 20.6 Å². The number of H-pyrrole nitrogens is 1. The molecule has 2 aromatic heterocycles. The van der Waals surface area contributed by atoms with E-state index in [1.807, 2.05) is 31.2 Å². The van der Waals surface area contributed by atoms with Crippen LogP contribution < -0.4 is 20.1 Å². The Balaban J connectivity index is 1.40. The van der Waals surface area contributed by atoms with Crippen molar-refractivity contribution in [3.8, 4) is 22.6 Å². The molecule has 0 saturated heterocycles. The maximum absolute atomic E-state index is 13.4.